The fraction of sp³-hybridized carbons (Fsp3) is 0.667. The first-order chi connectivity index (χ1) is 9.45. The van der Waals surface area contributed by atoms with Crippen molar-refractivity contribution in [3.63, 3.8) is 0 Å². The van der Waals surface area contributed by atoms with E-state index >= 15 is 0 Å². The molecule has 1 aromatic rings. The van der Waals surface area contributed by atoms with Crippen molar-refractivity contribution in [1.29, 1.82) is 0 Å². The molecule has 1 rings (SSSR count). The molecule has 0 amide bonds. The van der Waals surface area contributed by atoms with Gasteiger partial charge in [-0.2, -0.15) is 0 Å². The zero-order valence-electron chi connectivity index (χ0n) is 13.9. The Labute approximate surface area is 124 Å². The van der Waals surface area contributed by atoms with Gasteiger partial charge in [-0.1, -0.05) is 45.9 Å². The molecule has 0 aliphatic rings. The summed E-state index contributed by atoms with van der Waals surface area (Å²) in [6, 6.07) is 8.75. The highest BCUT2D eigenvalue weighted by molar-refractivity contribution is 5.33. The van der Waals surface area contributed by atoms with E-state index in [2.05, 4.69) is 52.1 Å². The molecule has 0 fully saturated rings. The summed E-state index contributed by atoms with van der Waals surface area (Å²) in [4.78, 5) is 0. The molecular weight excluding hydrogens is 246 g/mol. The summed E-state index contributed by atoms with van der Waals surface area (Å²) in [6.45, 7) is 12.6. The maximum Gasteiger partial charge on any atom is 0.122 e. The molecule has 0 aliphatic heterocycles. The Kier molecular flexibility index (Phi) is 7.08. The van der Waals surface area contributed by atoms with E-state index in [1.807, 2.05) is 12.1 Å². The van der Waals surface area contributed by atoms with E-state index in [-0.39, 0.29) is 0 Å². The van der Waals surface area contributed by atoms with Gasteiger partial charge in [-0.25, -0.2) is 0 Å². The molecule has 2 nitrogen and oxygen atoms in total. The monoisotopic (exact) mass is 277 g/mol. The molecule has 114 valence electrons. The van der Waals surface area contributed by atoms with Crippen LogP contribution in [0.15, 0.2) is 24.3 Å². The minimum Gasteiger partial charge on any atom is -0.496 e. The third-order valence-electron chi connectivity index (χ3n) is 4.13. The minimum atomic E-state index is 0.464. The van der Waals surface area contributed by atoms with Gasteiger partial charge in [-0.3, -0.25) is 0 Å². The fourth-order valence-corrected chi connectivity index (χ4v) is 2.85. The molecule has 0 bridgehead atoms. The van der Waals surface area contributed by atoms with Gasteiger partial charge in [0, 0.05) is 6.04 Å². The van der Waals surface area contributed by atoms with Crippen LogP contribution in [0.2, 0.25) is 0 Å². The molecule has 20 heavy (non-hydrogen) atoms. The second-order valence-corrected chi connectivity index (χ2v) is 6.48. The molecule has 0 aliphatic carbocycles. The van der Waals surface area contributed by atoms with Gasteiger partial charge in [-0.15, -0.1) is 0 Å². The van der Waals surface area contributed by atoms with Crippen molar-refractivity contribution in [2.45, 2.75) is 47.1 Å². The van der Waals surface area contributed by atoms with Crippen molar-refractivity contribution in [2.24, 2.45) is 17.8 Å². The van der Waals surface area contributed by atoms with Gasteiger partial charge in [0.2, 0.25) is 0 Å². The van der Waals surface area contributed by atoms with Crippen LogP contribution in [0, 0.1) is 17.8 Å². The number of methoxy groups -OCH3 is 1. The highest BCUT2D eigenvalue weighted by atomic mass is 16.5. The third-order valence-corrected chi connectivity index (χ3v) is 4.13. The zero-order chi connectivity index (χ0) is 15.1. The topological polar surface area (TPSA) is 21.3 Å². The second kappa shape index (κ2) is 8.31. The van der Waals surface area contributed by atoms with Crippen LogP contribution >= 0.6 is 0 Å². The first-order valence-electron chi connectivity index (χ1n) is 7.81. The summed E-state index contributed by atoms with van der Waals surface area (Å²) in [5.74, 6) is 3.17. The summed E-state index contributed by atoms with van der Waals surface area (Å²) in [7, 11) is 1.74. The van der Waals surface area contributed by atoms with E-state index in [1.165, 1.54) is 5.56 Å². The smallest absolute Gasteiger partial charge is 0.122 e. The maximum atomic E-state index is 5.42. The minimum absolute atomic E-state index is 0.464. The van der Waals surface area contributed by atoms with Gasteiger partial charge in [0.15, 0.2) is 0 Å². The summed E-state index contributed by atoms with van der Waals surface area (Å²) < 4.78 is 5.42. The van der Waals surface area contributed by atoms with Crippen molar-refractivity contribution in [3.05, 3.63) is 29.8 Å². The van der Waals surface area contributed by atoms with Crippen LogP contribution < -0.4 is 10.1 Å². The molecule has 0 spiro atoms. The normalized spacial score (nSPS) is 13.2. The summed E-state index contributed by atoms with van der Waals surface area (Å²) >= 11 is 0. The van der Waals surface area contributed by atoms with Crippen molar-refractivity contribution in [1.82, 2.24) is 5.32 Å². The van der Waals surface area contributed by atoms with Crippen molar-refractivity contribution in [2.75, 3.05) is 13.7 Å². The van der Waals surface area contributed by atoms with Gasteiger partial charge >= 0.3 is 0 Å². The van der Waals surface area contributed by atoms with Crippen LogP contribution in [-0.4, -0.2) is 19.7 Å². The number of hydrogen-bond donors (Lipinski definition) is 1. The van der Waals surface area contributed by atoms with Gasteiger partial charge in [-0.05, 0) is 49.3 Å². The van der Waals surface area contributed by atoms with Crippen LogP contribution in [0.3, 0.4) is 0 Å². The zero-order valence-corrected chi connectivity index (χ0v) is 13.9. The van der Waals surface area contributed by atoms with Gasteiger partial charge in [0.05, 0.1) is 7.11 Å². The summed E-state index contributed by atoms with van der Waals surface area (Å²) in [6.07, 6.45) is 1.01. The number of hydrogen-bond acceptors (Lipinski definition) is 2. The second-order valence-electron chi connectivity index (χ2n) is 6.48. The Hall–Kier alpha value is -1.02. The van der Waals surface area contributed by atoms with E-state index in [0.29, 0.717) is 6.04 Å². The molecule has 2 heteroatoms. The molecule has 0 heterocycles. The van der Waals surface area contributed by atoms with Gasteiger partial charge in [0.1, 0.15) is 5.75 Å². The molecule has 0 aromatic heterocycles. The summed E-state index contributed by atoms with van der Waals surface area (Å²) in [5, 5.41) is 3.69. The SMILES string of the molecule is COc1ccccc1CC(C)NCC(C(C)C)C(C)C. The average molecular weight is 277 g/mol. The van der Waals surface area contributed by atoms with E-state index in [4.69, 9.17) is 4.74 Å². The third kappa shape index (κ3) is 5.16. The Bertz CT molecular complexity index is 379. The van der Waals surface area contributed by atoms with Crippen LogP contribution in [0.25, 0.3) is 0 Å². The number of rotatable bonds is 8. The van der Waals surface area contributed by atoms with Gasteiger partial charge < -0.3 is 10.1 Å². The molecule has 0 saturated heterocycles. The molecule has 1 N–H and O–H groups in total. The first kappa shape index (κ1) is 17.0. The molecule has 0 saturated carbocycles. The predicted molar refractivity (Wildman–Crippen MR) is 87.3 cm³/mol. The van der Waals surface area contributed by atoms with Crippen molar-refractivity contribution >= 4 is 0 Å². The molecule has 0 radical (unpaired) electrons. The lowest BCUT2D eigenvalue weighted by Crippen LogP contribution is -2.36. The van der Waals surface area contributed by atoms with Gasteiger partial charge in [0.25, 0.3) is 0 Å². The maximum absolute atomic E-state index is 5.42. The molecule has 1 unspecified atom stereocenters. The van der Waals surface area contributed by atoms with Crippen molar-refractivity contribution in [3.8, 4) is 5.75 Å². The van der Waals surface area contributed by atoms with Crippen LogP contribution in [0.4, 0.5) is 0 Å². The lowest BCUT2D eigenvalue weighted by molar-refractivity contribution is 0.267. The van der Waals surface area contributed by atoms with E-state index in [0.717, 1.165) is 36.5 Å². The van der Waals surface area contributed by atoms with E-state index in [1.54, 1.807) is 7.11 Å². The molecule has 1 atom stereocenters. The highest BCUT2D eigenvalue weighted by Gasteiger charge is 2.18. The number of benzene rings is 1. The lowest BCUT2D eigenvalue weighted by atomic mass is 9.85. The Morgan fingerprint density at radius 3 is 2.15 bits per heavy atom. The summed E-state index contributed by atoms with van der Waals surface area (Å²) in [5.41, 5.74) is 1.28. The van der Waals surface area contributed by atoms with E-state index < -0.39 is 0 Å². The number of ether oxygens (including phenoxy) is 1. The quantitative estimate of drug-likeness (QED) is 0.771. The Morgan fingerprint density at radius 1 is 1.00 bits per heavy atom. The largest absolute Gasteiger partial charge is 0.496 e. The van der Waals surface area contributed by atoms with E-state index in [9.17, 15) is 0 Å². The van der Waals surface area contributed by atoms with Crippen LogP contribution in [0.5, 0.6) is 5.75 Å². The molecule has 1 aromatic carbocycles. The standard InChI is InChI=1S/C18H31NO/c1-13(2)17(14(3)4)12-19-15(5)11-16-9-7-8-10-18(16)20-6/h7-10,13-15,17,19H,11-12H2,1-6H3. The fourth-order valence-electron chi connectivity index (χ4n) is 2.85. The Morgan fingerprint density at radius 2 is 1.60 bits per heavy atom. The van der Waals surface area contributed by atoms with Crippen LogP contribution in [-0.2, 0) is 6.42 Å². The predicted octanol–water partition coefficient (Wildman–Crippen LogP) is 4.14. The first-order valence-corrected chi connectivity index (χ1v) is 7.81. The van der Waals surface area contributed by atoms with Crippen LogP contribution in [0.1, 0.15) is 40.2 Å². The molecular formula is C18H31NO. The number of para-hydroxylation sites is 1. The average Bonchev–Trinajstić information content (AvgIpc) is 2.38. The van der Waals surface area contributed by atoms with Crippen molar-refractivity contribution < 1.29 is 4.74 Å². The lowest BCUT2D eigenvalue weighted by Gasteiger charge is -2.27. The highest BCUT2D eigenvalue weighted by Crippen LogP contribution is 2.21. The Balaban J connectivity index is 2.53. The number of nitrogens with one attached hydrogen (secondary N) is 1.